The van der Waals surface area contributed by atoms with Crippen molar-refractivity contribution in [1.29, 1.82) is 5.26 Å². The molecule has 0 atom stereocenters. The maximum absolute atomic E-state index is 13.4. The van der Waals surface area contributed by atoms with Crippen LogP contribution in [0.5, 0.6) is 0 Å². The number of para-hydroxylation sites is 1. The van der Waals surface area contributed by atoms with E-state index in [0.717, 1.165) is 16.5 Å². The lowest BCUT2D eigenvalue weighted by atomic mass is 10.1. The molecule has 0 N–H and O–H groups in total. The molecular formula is C23H18N4O2S. The minimum absolute atomic E-state index is 0.0286. The van der Waals surface area contributed by atoms with Crippen LogP contribution in [0.4, 0.5) is 0 Å². The highest BCUT2D eigenvalue weighted by atomic mass is 32.2. The first kappa shape index (κ1) is 19.7. The van der Waals surface area contributed by atoms with E-state index in [1.165, 1.54) is 16.7 Å². The maximum Gasteiger partial charge on any atom is 0.291 e. The summed E-state index contributed by atoms with van der Waals surface area (Å²) in [6.07, 6.45) is 3.37. The molecule has 148 valence electrons. The number of thioether (sulfide) groups is 1. The fraction of sp³-hybridized carbons (Fsp3) is 0.130. The number of rotatable bonds is 7. The van der Waals surface area contributed by atoms with Gasteiger partial charge in [-0.05, 0) is 17.7 Å². The van der Waals surface area contributed by atoms with Crippen LogP contribution in [-0.4, -0.2) is 27.3 Å². The number of hydrogen-bond donors (Lipinski definition) is 0. The molecule has 1 amide bonds. The van der Waals surface area contributed by atoms with Crippen LogP contribution >= 0.6 is 11.8 Å². The maximum atomic E-state index is 13.4. The topological polar surface area (TPSA) is 83.0 Å². The molecule has 0 saturated carbocycles. The third kappa shape index (κ3) is 4.34. The Morgan fingerprint density at radius 3 is 2.53 bits per heavy atom. The van der Waals surface area contributed by atoms with Gasteiger partial charge in [0.2, 0.25) is 0 Å². The molecule has 0 fully saturated rings. The van der Waals surface area contributed by atoms with E-state index in [-0.39, 0.29) is 18.2 Å². The zero-order valence-electron chi connectivity index (χ0n) is 16.1. The van der Waals surface area contributed by atoms with Gasteiger partial charge in [-0.3, -0.25) is 4.79 Å². The van der Waals surface area contributed by atoms with Gasteiger partial charge < -0.3 is 9.32 Å². The Balaban J connectivity index is 1.67. The van der Waals surface area contributed by atoms with Crippen molar-refractivity contribution in [3.63, 3.8) is 0 Å². The van der Waals surface area contributed by atoms with Gasteiger partial charge in [0.25, 0.3) is 5.91 Å². The van der Waals surface area contributed by atoms with Crippen LogP contribution in [0.25, 0.3) is 11.0 Å². The first-order chi connectivity index (χ1) is 14.8. The van der Waals surface area contributed by atoms with Crippen LogP contribution in [0.1, 0.15) is 21.7 Å². The lowest BCUT2D eigenvalue weighted by molar-refractivity contribution is 0.0734. The fourth-order valence-electron chi connectivity index (χ4n) is 3.14. The van der Waals surface area contributed by atoms with Crippen molar-refractivity contribution in [3.8, 4) is 6.07 Å². The first-order valence-electron chi connectivity index (χ1n) is 9.36. The summed E-state index contributed by atoms with van der Waals surface area (Å²) < 4.78 is 5.96. The molecule has 30 heavy (non-hydrogen) atoms. The summed E-state index contributed by atoms with van der Waals surface area (Å²) in [5.41, 5.74) is 2.37. The summed E-state index contributed by atoms with van der Waals surface area (Å²) in [5, 5.41) is 10.8. The molecule has 7 heteroatoms. The Morgan fingerprint density at radius 1 is 1.03 bits per heavy atom. The second-order valence-corrected chi connectivity index (χ2v) is 7.47. The van der Waals surface area contributed by atoms with Gasteiger partial charge in [0.05, 0.1) is 6.07 Å². The van der Waals surface area contributed by atoms with E-state index in [4.69, 9.17) is 4.42 Å². The first-order valence-corrected chi connectivity index (χ1v) is 10.3. The summed E-state index contributed by atoms with van der Waals surface area (Å²) in [6, 6.07) is 21.0. The number of amides is 1. The summed E-state index contributed by atoms with van der Waals surface area (Å²) in [7, 11) is 0. The zero-order chi connectivity index (χ0) is 20.8. The molecular weight excluding hydrogens is 396 g/mol. The predicted molar refractivity (Wildman–Crippen MR) is 115 cm³/mol. The summed E-state index contributed by atoms with van der Waals surface area (Å²) >= 11 is 1.44. The second-order valence-electron chi connectivity index (χ2n) is 6.53. The van der Waals surface area contributed by atoms with E-state index >= 15 is 0 Å². The fourth-order valence-corrected chi connectivity index (χ4v) is 3.97. The number of nitriles is 1. The molecule has 2 aromatic heterocycles. The molecule has 0 radical (unpaired) electrons. The average molecular weight is 414 g/mol. The smallest absolute Gasteiger partial charge is 0.291 e. The summed E-state index contributed by atoms with van der Waals surface area (Å²) in [6.45, 7) is 0.303. The van der Waals surface area contributed by atoms with Gasteiger partial charge in [-0.2, -0.15) is 5.26 Å². The molecule has 0 bridgehead atoms. The van der Waals surface area contributed by atoms with Gasteiger partial charge in [-0.25, -0.2) is 9.97 Å². The molecule has 0 aliphatic heterocycles. The van der Waals surface area contributed by atoms with Crippen LogP contribution in [0.2, 0.25) is 0 Å². The van der Waals surface area contributed by atoms with Crippen LogP contribution in [0, 0.1) is 11.3 Å². The number of hydrogen-bond acceptors (Lipinski definition) is 6. The van der Waals surface area contributed by atoms with E-state index in [1.807, 2.05) is 54.6 Å². The van der Waals surface area contributed by atoms with E-state index in [2.05, 4.69) is 16.0 Å². The van der Waals surface area contributed by atoms with Crippen LogP contribution in [-0.2, 0) is 12.3 Å². The predicted octanol–water partition coefficient (Wildman–Crippen LogP) is 4.68. The zero-order valence-corrected chi connectivity index (χ0v) is 16.9. The normalized spacial score (nSPS) is 10.6. The van der Waals surface area contributed by atoms with Crippen molar-refractivity contribution in [2.45, 2.75) is 17.5 Å². The minimum Gasteiger partial charge on any atom is -0.451 e. The largest absolute Gasteiger partial charge is 0.451 e. The molecule has 0 unspecified atom stereocenters. The van der Waals surface area contributed by atoms with E-state index < -0.39 is 0 Å². The molecule has 0 spiro atoms. The molecule has 0 saturated heterocycles. The molecule has 2 aromatic carbocycles. The van der Waals surface area contributed by atoms with Crippen LogP contribution < -0.4 is 0 Å². The highest BCUT2D eigenvalue weighted by molar-refractivity contribution is 7.98. The Bertz CT molecular complexity index is 1190. The van der Waals surface area contributed by atoms with Crippen molar-refractivity contribution in [2.75, 3.05) is 6.54 Å². The van der Waals surface area contributed by atoms with E-state index in [1.54, 1.807) is 18.5 Å². The van der Waals surface area contributed by atoms with Crippen LogP contribution in [0.15, 0.2) is 82.6 Å². The number of carbonyl (C=O) groups excluding carboxylic acids is 1. The number of fused-ring (bicyclic) bond motifs is 1. The van der Waals surface area contributed by atoms with Crippen LogP contribution in [0.3, 0.4) is 0 Å². The Morgan fingerprint density at radius 2 is 1.77 bits per heavy atom. The molecule has 6 nitrogen and oxygen atoms in total. The SMILES string of the molecule is N#CCN(Cc1ccccc1)C(=O)c1oc2ccccc2c1CSc1ncccn1. The lowest BCUT2D eigenvalue weighted by Crippen LogP contribution is -2.31. The van der Waals surface area contributed by atoms with Crippen molar-refractivity contribution in [3.05, 3.63) is 89.9 Å². The second kappa shape index (κ2) is 9.25. The average Bonchev–Trinajstić information content (AvgIpc) is 3.17. The van der Waals surface area contributed by atoms with Crippen molar-refractivity contribution >= 4 is 28.6 Å². The Kier molecular flexibility index (Phi) is 6.06. The third-order valence-electron chi connectivity index (χ3n) is 4.55. The summed E-state index contributed by atoms with van der Waals surface area (Å²) in [4.78, 5) is 23.4. The van der Waals surface area contributed by atoms with Gasteiger partial charge in [-0.15, -0.1) is 0 Å². The molecule has 2 heterocycles. The monoisotopic (exact) mass is 414 g/mol. The number of benzene rings is 2. The van der Waals surface area contributed by atoms with Gasteiger partial charge in [0, 0.05) is 35.6 Å². The standard InChI is InChI=1S/C23H18N4O2S/c24-11-14-27(15-17-7-2-1-3-8-17)22(28)21-19(16-30-23-25-12-6-13-26-23)18-9-4-5-10-20(18)29-21/h1-10,12-13H,14-16H2. The van der Waals surface area contributed by atoms with Crippen molar-refractivity contribution < 1.29 is 9.21 Å². The summed E-state index contributed by atoms with van der Waals surface area (Å²) in [5.74, 6) is 0.431. The Hall–Kier alpha value is -3.63. The van der Waals surface area contributed by atoms with Gasteiger partial charge in [-0.1, -0.05) is 60.3 Å². The Labute approximate surface area is 178 Å². The minimum atomic E-state index is -0.304. The number of carbonyl (C=O) groups is 1. The van der Waals surface area contributed by atoms with E-state index in [0.29, 0.717) is 23.0 Å². The quantitative estimate of drug-likeness (QED) is 0.248. The third-order valence-corrected chi connectivity index (χ3v) is 5.45. The van der Waals surface area contributed by atoms with Gasteiger partial charge >= 0.3 is 0 Å². The lowest BCUT2D eigenvalue weighted by Gasteiger charge is -2.19. The molecule has 4 rings (SSSR count). The number of furan rings is 1. The molecule has 0 aliphatic carbocycles. The van der Waals surface area contributed by atoms with Gasteiger partial charge in [0.1, 0.15) is 12.1 Å². The highest BCUT2D eigenvalue weighted by Gasteiger charge is 2.25. The van der Waals surface area contributed by atoms with E-state index in [9.17, 15) is 10.1 Å². The number of nitrogens with zero attached hydrogens (tertiary/aromatic N) is 4. The van der Waals surface area contributed by atoms with Crippen molar-refractivity contribution in [1.82, 2.24) is 14.9 Å². The number of aromatic nitrogens is 2. The van der Waals surface area contributed by atoms with Crippen molar-refractivity contribution in [2.24, 2.45) is 0 Å². The molecule has 4 aromatic rings. The molecule has 0 aliphatic rings. The highest BCUT2D eigenvalue weighted by Crippen LogP contribution is 2.32. The van der Waals surface area contributed by atoms with Gasteiger partial charge in [0.15, 0.2) is 10.9 Å².